The minimum Gasteiger partial charge on any atom is -0.350 e. The van der Waals surface area contributed by atoms with Crippen LogP contribution in [0.15, 0.2) is 24.3 Å². The lowest BCUT2D eigenvalue weighted by Gasteiger charge is -2.26. The molecule has 0 atom stereocenters. The number of likely N-dealkylation sites (tertiary alicyclic amines) is 1. The summed E-state index contributed by atoms with van der Waals surface area (Å²) in [5.41, 5.74) is 1.55. The maximum atomic E-state index is 12.5. The van der Waals surface area contributed by atoms with Crippen molar-refractivity contribution in [2.24, 2.45) is 0 Å². The van der Waals surface area contributed by atoms with Crippen molar-refractivity contribution in [1.82, 2.24) is 15.1 Å². The van der Waals surface area contributed by atoms with E-state index in [4.69, 9.17) is 0 Å². The van der Waals surface area contributed by atoms with E-state index in [-0.39, 0.29) is 23.9 Å². The van der Waals surface area contributed by atoms with Gasteiger partial charge in [0, 0.05) is 24.7 Å². The molecule has 1 saturated heterocycles. The lowest BCUT2D eigenvalue weighted by Crippen LogP contribution is -2.46. The molecule has 1 aromatic rings. The van der Waals surface area contributed by atoms with Crippen molar-refractivity contribution in [2.75, 3.05) is 26.7 Å². The summed E-state index contributed by atoms with van der Waals surface area (Å²) in [7, 11) is 1.66. The molecule has 0 radical (unpaired) electrons. The Balaban J connectivity index is 1.89. The first kappa shape index (κ1) is 19.4. The first-order valence-electron chi connectivity index (χ1n) is 9.12. The molecule has 25 heavy (non-hydrogen) atoms. The number of carbonyl (C=O) groups is 2. The molecule has 2 amide bonds. The number of likely N-dealkylation sites (N-methyl/N-ethyl adjacent to an activating group) is 1. The molecule has 0 aromatic heterocycles. The highest BCUT2D eigenvalue weighted by atomic mass is 16.2. The van der Waals surface area contributed by atoms with Crippen LogP contribution in [0.4, 0.5) is 0 Å². The maximum absolute atomic E-state index is 12.5. The quantitative estimate of drug-likeness (QED) is 0.893. The van der Waals surface area contributed by atoms with Crippen molar-refractivity contribution < 1.29 is 9.59 Å². The second-order valence-electron chi connectivity index (χ2n) is 7.99. The van der Waals surface area contributed by atoms with E-state index in [1.54, 1.807) is 7.05 Å². The predicted molar refractivity (Wildman–Crippen MR) is 100 cm³/mol. The zero-order valence-corrected chi connectivity index (χ0v) is 16.0. The summed E-state index contributed by atoms with van der Waals surface area (Å²) < 4.78 is 0. The Labute approximate surface area is 151 Å². The van der Waals surface area contributed by atoms with E-state index in [1.165, 1.54) is 29.7 Å². The number of nitrogens with zero attached hydrogens (tertiary/aromatic N) is 2. The van der Waals surface area contributed by atoms with Crippen LogP contribution in [0.1, 0.15) is 56.0 Å². The Hall–Kier alpha value is -1.88. The Morgan fingerprint density at radius 3 is 2.24 bits per heavy atom. The average Bonchev–Trinajstić information content (AvgIpc) is 2.54. The van der Waals surface area contributed by atoms with Gasteiger partial charge in [-0.1, -0.05) is 18.6 Å². The zero-order chi connectivity index (χ0) is 18.4. The van der Waals surface area contributed by atoms with Gasteiger partial charge in [0.1, 0.15) is 0 Å². The van der Waals surface area contributed by atoms with Gasteiger partial charge in [-0.15, -0.1) is 0 Å². The third-order valence-electron chi connectivity index (χ3n) is 4.30. The van der Waals surface area contributed by atoms with Gasteiger partial charge < -0.3 is 10.2 Å². The third-order valence-corrected chi connectivity index (χ3v) is 4.30. The molecule has 138 valence electrons. The monoisotopic (exact) mass is 345 g/mol. The Kier molecular flexibility index (Phi) is 6.59. The van der Waals surface area contributed by atoms with E-state index in [2.05, 4.69) is 10.2 Å². The summed E-state index contributed by atoms with van der Waals surface area (Å²) in [6, 6.07) is 7.76. The normalized spacial score (nSPS) is 15.7. The molecule has 5 heteroatoms. The Bertz CT molecular complexity index is 584. The van der Waals surface area contributed by atoms with Crippen molar-refractivity contribution in [3.63, 3.8) is 0 Å². The molecular formula is C20H31N3O2. The summed E-state index contributed by atoms with van der Waals surface area (Å²) in [6.45, 7) is 9.10. The van der Waals surface area contributed by atoms with Gasteiger partial charge in [0.2, 0.25) is 5.91 Å². The lowest BCUT2D eigenvalue weighted by molar-refractivity contribution is -0.122. The SMILES string of the molecule is CN(CC(=O)NC(C)(C)C)C(=O)c1ccc(CN2CCCCC2)cc1. The molecule has 0 saturated carbocycles. The topological polar surface area (TPSA) is 52.7 Å². The average molecular weight is 345 g/mol. The first-order chi connectivity index (χ1) is 11.7. The Morgan fingerprint density at radius 2 is 1.68 bits per heavy atom. The molecule has 1 aromatic carbocycles. The number of hydrogen-bond donors (Lipinski definition) is 1. The van der Waals surface area contributed by atoms with Gasteiger partial charge in [0.05, 0.1) is 6.54 Å². The van der Waals surface area contributed by atoms with Crippen molar-refractivity contribution in [3.05, 3.63) is 35.4 Å². The van der Waals surface area contributed by atoms with Gasteiger partial charge in [-0.3, -0.25) is 14.5 Å². The van der Waals surface area contributed by atoms with Crippen LogP contribution in [-0.2, 0) is 11.3 Å². The third kappa shape index (κ3) is 6.50. The molecule has 1 fully saturated rings. The number of rotatable bonds is 5. The molecular weight excluding hydrogens is 314 g/mol. The van der Waals surface area contributed by atoms with E-state index in [9.17, 15) is 9.59 Å². The summed E-state index contributed by atoms with van der Waals surface area (Å²) in [4.78, 5) is 28.4. The number of nitrogens with one attached hydrogen (secondary N) is 1. The van der Waals surface area contributed by atoms with Crippen LogP contribution in [0.5, 0.6) is 0 Å². The summed E-state index contributed by atoms with van der Waals surface area (Å²) in [5.74, 6) is -0.279. The lowest BCUT2D eigenvalue weighted by atomic mass is 10.1. The highest BCUT2D eigenvalue weighted by molar-refractivity contribution is 5.96. The second-order valence-corrected chi connectivity index (χ2v) is 7.99. The van der Waals surface area contributed by atoms with Gasteiger partial charge in [0.15, 0.2) is 0 Å². The van der Waals surface area contributed by atoms with Crippen LogP contribution < -0.4 is 5.32 Å². The summed E-state index contributed by atoms with van der Waals surface area (Å²) in [5, 5.41) is 2.87. The van der Waals surface area contributed by atoms with Crippen LogP contribution in [0.2, 0.25) is 0 Å². The van der Waals surface area contributed by atoms with Crippen molar-refractivity contribution in [1.29, 1.82) is 0 Å². The van der Waals surface area contributed by atoms with Gasteiger partial charge in [-0.05, 0) is 64.4 Å². The fourth-order valence-corrected chi connectivity index (χ4v) is 3.09. The van der Waals surface area contributed by atoms with Crippen LogP contribution in [-0.4, -0.2) is 53.8 Å². The van der Waals surface area contributed by atoms with E-state index in [0.29, 0.717) is 5.56 Å². The molecule has 5 nitrogen and oxygen atoms in total. The molecule has 1 N–H and O–H groups in total. The minimum atomic E-state index is -0.295. The number of benzene rings is 1. The molecule has 0 unspecified atom stereocenters. The van der Waals surface area contributed by atoms with Gasteiger partial charge in [-0.2, -0.15) is 0 Å². The fraction of sp³-hybridized carbons (Fsp3) is 0.600. The van der Waals surface area contributed by atoms with Crippen LogP contribution >= 0.6 is 0 Å². The summed E-state index contributed by atoms with van der Waals surface area (Å²) in [6.07, 6.45) is 3.88. The predicted octanol–water partition coefficient (Wildman–Crippen LogP) is 2.66. The molecule has 0 spiro atoms. The fourth-order valence-electron chi connectivity index (χ4n) is 3.09. The largest absolute Gasteiger partial charge is 0.350 e. The van der Waals surface area contributed by atoms with Crippen molar-refractivity contribution in [3.8, 4) is 0 Å². The van der Waals surface area contributed by atoms with E-state index in [0.717, 1.165) is 19.6 Å². The highest BCUT2D eigenvalue weighted by Crippen LogP contribution is 2.14. The Morgan fingerprint density at radius 1 is 1.08 bits per heavy atom. The highest BCUT2D eigenvalue weighted by Gasteiger charge is 2.19. The number of amides is 2. The van der Waals surface area contributed by atoms with E-state index >= 15 is 0 Å². The number of hydrogen-bond acceptors (Lipinski definition) is 3. The maximum Gasteiger partial charge on any atom is 0.254 e. The van der Waals surface area contributed by atoms with Gasteiger partial charge in [0.25, 0.3) is 5.91 Å². The van der Waals surface area contributed by atoms with E-state index < -0.39 is 0 Å². The summed E-state index contributed by atoms with van der Waals surface area (Å²) >= 11 is 0. The first-order valence-corrected chi connectivity index (χ1v) is 9.12. The molecule has 1 aliphatic rings. The smallest absolute Gasteiger partial charge is 0.254 e. The van der Waals surface area contributed by atoms with Gasteiger partial charge >= 0.3 is 0 Å². The van der Waals surface area contributed by atoms with Crippen LogP contribution in [0.3, 0.4) is 0 Å². The van der Waals surface area contributed by atoms with Crippen molar-refractivity contribution in [2.45, 2.75) is 52.1 Å². The number of piperidine rings is 1. The number of carbonyl (C=O) groups excluding carboxylic acids is 2. The van der Waals surface area contributed by atoms with E-state index in [1.807, 2.05) is 45.0 Å². The molecule has 2 rings (SSSR count). The second kappa shape index (κ2) is 8.48. The van der Waals surface area contributed by atoms with Crippen LogP contribution in [0.25, 0.3) is 0 Å². The minimum absolute atomic E-state index is 0.0611. The van der Waals surface area contributed by atoms with Crippen molar-refractivity contribution >= 4 is 11.8 Å². The van der Waals surface area contributed by atoms with Crippen LogP contribution in [0, 0.1) is 0 Å². The molecule has 0 bridgehead atoms. The van der Waals surface area contributed by atoms with Gasteiger partial charge in [-0.25, -0.2) is 0 Å². The molecule has 1 aliphatic heterocycles. The molecule has 1 heterocycles. The zero-order valence-electron chi connectivity index (χ0n) is 16.0. The standard InChI is InChI=1S/C20H31N3O2/c1-20(2,3)21-18(24)15-22(4)19(25)17-10-8-16(9-11-17)14-23-12-6-5-7-13-23/h8-11H,5-7,12-15H2,1-4H3,(H,21,24). The molecule has 0 aliphatic carbocycles.